The molecule has 0 heterocycles. The van der Waals surface area contributed by atoms with Gasteiger partial charge in [-0.3, -0.25) is 0 Å². The molecule has 0 radical (unpaired) electrons. The first-order valence-electron chi connectivity index (χ1n) is 6.23. The molecule has 0 aliphatic rings. The molecule has 0 fully saturated rings. The molecule has 0 amide bonds. The zero-order valence-electron chi connectivity index (χ0n) is 11.6. The van der Waals surface area contributed by atoms with Crippen LogP contribution in [0.5, 0.6) is 11.5 Å². The average molecular weight is 292 g/mol. The summed E-state index contributed by atoms with van der Waals surface area (Å²) in [5.41, 5.74) is 0.869. The number of hydrogen-bond donors (Lipinski definition) is 0. The molecular formula is C16H14F2O3. The van der Waals surface area contributed by atoms with E-state index >= 15 is 0 Å². The molecule has 21 heavy (non-hydrogen) atoms. The van der Waals surface area contributed by atoms with E-state index in [9.17, 15) is 13.6 Å². The summed E-state index contributed by atoms with van der Waals surface area (Å²) in [5, 5.41) is 0. The second-order valence-electron chi connectivity index (χ2n) is 4.40. The Kier molecular flexibility index (Phi) is 4.52. The van der Waals surface area contributed by atoms with E-state index < -0.39 is 17.6 Å². The second-order valence-corrected chi connectivity index (χ2v) is 4.40. The van der Waals surface area contributed by atoms with Crippen LogP contribution in [0.4, 0.5) is 8.78 Å². The molecular weight excluding hydrogens is 278 g/mol. The predicted octanol–water partition coefficient (Wildman–Crippen LogP) is 3.31. The third-order valence-electron chi connectivity index (χ3n) is 3.21. The lowest BCUT2D eigenvalue weighted by Gasteiger charge is -2.16. The lowest BCUT2D eigenvalue weighted by molar-refractivity contribution is -0.108. The van der Waals surface area contributed by atoms with Crippen LogP contribution in [-0.4, -0.2) is 20.5 Å². The zero-order valence-corrected chi connectivity index (χ0v) is 11.6. The zero-order chi connectivity index (χ0) is 15.4. The highest BCUT2D eigenvalue weighted by Gasteiger charge is 2.20. The van der Waals surface area contributed by atoms with E-state index in [-0.39, 0.29) is 0 Å². The van der Waals surface area contributed by atoms with E-state index in [4.69, 9.17) is 9.47 Å². The molecule has 5 heteroatoms. The van der Waals surface area contributed by atoms with Crippen molar-refractivity contribution in [1.82, 2.24) is 0 Å². The number of halogens is 2. The minimum Gasteiger partial charge on any atom is -0.497 e. The van der Waals surface area contributed by atoms with Gasteiger partial charge in [0.2, 0.25) is 0 Å². The molecule has 2 aromatic carbocycles. The Morgan fingerprint density at radius 2 is 1.76 bits per heavy atom. The Bertz CT molecular complexity index is 656. The van der Waals surface area contributed by atoms with E-state index in [0.29, 0.717) is 28.9 Å². The van der Waals surface area contributed by atoms with Crippen LogP contribution in [0.2, 0.25) is 0 Å². The maximum absolute atomic E-state index is 13.4. The average Bonchev–Trinajstić information content (AvgIpc) is 2.51. The van der Waals surface area contributed by atoms with Crippen molar-refractivity contribution < 1.29 is 23.0 Å². The number of hydrogen-bond acceptors (Lipinski definition) is 3. The van der Waals surface area contributed by atoms with Crippen molar-refractivity contribution >= 4 is 6.29 Å². The molecule has 0 saturated carbocycles. The number of ether oxygens (including phenoxy) is 2. The molecule has 2 rings (SSSR count). The SMILES string of the molecule is COc1ccc(OC)c(C(C=O)c2ccc(F)c(F)c2)c1. The quantitative estimate of drug-likeness (QED) is 0.793. The lowest BCUT2D eigenvalue weighted by Crippen LogP contribution is -2.06. The van der Waals surface area contributed by atoms with Crippen LogP contribution < -0.4 is 9.47 Å². The van der Waals surface area contributed by atoms with Crippen molar-refractivity contribution in [2.45, 2.75) is 5.92 Å². The fourth-order valence-corrected chi connectivity index (χ4v) is 2.12. The van der Waals surface area contributed by atoms with E-state index in [1.807, 2.05) is 0 Å². The van der Waals surface area contributed by atoms with Crippen LogP contribution in [-0.2, 0) is 4.79 Å². The van der Waals surface area contributed by atoms with Gasteiger partial charge in [0, 0.05) is 5.56 Å². The van der Waals surface area contributed by atoms with Crippen molar-refractivity contribution in [3.63, 3.8) is 0 Å². The fourth-order valence-electron chi connectivity index (χ4n) is 2.12. The van der Waals surface area contributed by atoms with E-state index in [0.717, 1.165) is 12.1 Å². The summed E-state index contributed by atoms with van der Waals surface area (Å²) < 4.78 is 36.7. The first kappa shape index (κ1) is 15.0. The van der Waals surface area contributed by atoms with Crippen LogP contribution in [0, 0.1) is 11.6 Å². The van der Waals surface area contributed by atoms with Crippen LogP contribution in [0.3, 0.4) is 0 Å². The molecule has 0 aliphatic heterocycles. The van der Waals surface area contributed by atoms with Gasteiger partial charge in [-0.1, -0.05) is 6.07 Å². The Morgan fingerprint density at radius 1 is 1.00 bits per heavy atom. The van der Waals surface area contributed by atoms with Gasteiger partial charge < -0.3 is 14.3 Å². The van der Waals surface area contributed by atoms with Gasteiger partial charge in [-0.2, -0.15) is 0 Å². The topological polar surface area (TPSA) is 35.5 Å². The van der Waals surface area contributed by atoms with Crippen LogP contribution in [0.1, 0.15) is 17.0 Å². The minimum atomic E-state index is -0.999. The first-order valence-corrected chi connectivity index (χ1v) is 6.23. The van der Waals surface area contributed by atoms with Crippen LogP contribution in [0.25, 0.3) is 0 Å². The summed E-state index contributed by atoms with van der Waals surface area (Å²) in [5.74, 6) is -1.72. The van der Waals surface area contributed by atoms with Gasteiger partial charge in [0.15, 0.2) is 11.6 Å². The van der Waals surface area contributed by atoms with E-state index in [2.05, 4.69) is 0 Å². The normalized spacial score (nSPS) is 11.8. The molecule has 1 unspecified atom stereocenters. The van der Waals surface area contributed by atoms with Gasteiger partial charge in [0.05, 0.1) is 20.1 Å². The Hall–Kier alpha value is -2.43. The van der Waals surface area contributed by atoms with Crippen molar-refractivity contribution in [2.24, 2.45) is 0 Å². The minimum absolute atomic E-state index is 0.343. The first-order chi connectivity index (χ1) is 10.1. The molecule has 3 nitrogen and oxygen atoms in total. The summed E-state index contributed by atoms with van der Waals surface area (Å²) in [6.45, 7) is 0. The smallest absolute Gasteiger partial charge is 0.159 e. The van der Waals surface area contributed by atoms with Crippen molar-refractivity contribution in [3.05, 3.63) is 59.2 Å². The number of aldehydes is 1. The monoisotopic (exact) mass is 292 g/mol. The molecule has 0 spiro atoms. The molecule has 1 atom stereocenters. The number of benzene rings is 2. The summed E-state index contributed by atoms with van der Waals surface area (Å²) in [4.78, 5) is 11.5. The van der Waals surface area contributed by atoms with Gasteiger partial charge in [0.1, 0.15) is 17.8 Å². The van der Waals surface area contributed by atoms with Gasteiger partial charge in [-0.25, -0.2) is 8.78 Å². The molecule has 0 bridgehead atoms. The summed E-state index contributed by atoms with van der Waals surface area (Å²) in [6.07, 6.45) is 0.657. The summed E-state index contributed by atoms with van der Waals surface area (Å²) >= 11 is 0. The van der Waals surface area contributed by atoms with Crippen LogP contribution in [0.15, 0.2) is 36.4 Å². The standard InChI is InChI=1S/C16H14F2O3/c1-20-11-4-6-16(21-2)12(8-11)13(9-19)10-3-5-14(17)15(18)7-10/h3-9,13H,1-2H3. The molecule has 0 N–H and O–H groups in total. The van der Waals surface area contributed by atoms with Gasteiger partial charge in [-0.05, 0) is 35.9 Å². The van der Waals surface area contributed by atoms with Crippen LogP contribution >= 0.6 is 0 Å². The number of methoxy groups -OCH3 is 2. The third kappa shape index (κ3) is 3.02. The maximum Gasteiger partial charge on any atom is 0.159 e. The largest absolute Gasteiger partial charge is 0.497 e. The molecule has 2 aromatic rings. The Morgan fingerprint density at radius 3 is 2.33 bits per heavy atom. The third-order valence-corrected chi connectivity index (χ3v) is 3.21. The highest BCUT2D eigenvalue weighted by atomic mass is 19.2. The summed E-state index contributed by atoms with van der Waals surface area (Å²) in [7, 11) is 2.97. The molecule has 0 aromatic heterocycles. The fraction of sp³-hybridized carbons (Fsp3) is 0.188. The van der Waals surface area contributed by atoms with E-state index in [1.54, 1.807) is 18.2 Å². The highest BCUT2D eigenvalue weighted by molar-refractivity contribution is 5.70. The van der Waals surface area contributed by atoms with Gasteiger partial charge in [0.25, 0.3) is 0 Å². The predicted molar refractivity (Wildman–Crippen MR) is 73.8 cm³/mol. The van der Waals surface area contributed by atoms with Crippen molar-refractivity contribution in [2.75, 3.05) is 14.2 Å². The second kappa shape index (κ2) is 6.35. The lowest BCUT2D eigenvalue weighted by atomic mass is 9.91. The maximum atomic E-state index is 13.4. The number of rotatable bonds is 5. The number of carbonyl (C=O) groups is 1. The summed E-state index contributed by atoms with van der Waals surface area (Å²) in [6, 6.07) is 8.36. The Labute approximate surface area is 121 Å². The van der Waals surface area contributed by atoms with Gasteiger partial charge in [-0.15, -0.1) is 0 Å². The van der Waals surface area contributed by atoms with Crippen molar-refractivity contribution in [1.29, 1.82) is 0 Å². The number of carbonyl (C=O) groups excluding carboxylic acids is 1. The molecule has 110 valence electrons. The molecule has 0 saturated heterocycles. The van der Waals surface area contributed by atoms with Crippen molar-refractivity contribution in [3.8, 4) is 11.5 Å². The Balaban J connectivity index is 2.54. The van der Waals surface area contributed by atoms with E-state index in [1.165, 1.54) is 20.3 Å². The highest BCUT2D eigenvalue weighted by Crippen LogP contribution is 2.34. The van der Waals surface area contributed by atoms with Gasteiger partial charge >= 0.3 is 0 Å². The molecule has 0 aliphatic carbocycles.